The molecule has 0 aromatic heterocycles. The van der Waals surface area contributed by atoms with Gasteiger partial charge in [-0.05, 0) is 44.2 Å². The summed E-state index contributed by atoms with van der Waals surface area (Å²) in [4.78, 5) is 30.6. The zero-order valence-electron chi connectivity index (χ0n) is 16.4. The van der Waals surface area contributed by atoms with E-state index >= 15 is 0 Å². The molecule has 3 rings (SSSR count). The van der Waals surface area contributed by atoms with Crippen molar-refractivity contribution in [3.8, 4) is 0 Å². The Labute approximate surface area is 176 Å². The first-order chi connectivity index (χ1) is 14.2. The summed E-state index contributed by atoms with van der Waals surface area (Å²) in [6.45, 7) is 3.98. The van der Waals surface area contributed by atoms with Gasteiger partial charge in [-0.2, -0.15) is 13.2 Å². The van der Waals surface area contributed by atoms with Crippen LogP contribution in [0.15, 0.2) is 53.5 Å². The van der Waals surface area contributed by atoms with E-state index in [9.17, 15) is 22.8 Å². The number of nitrogens with zero attached hydrogens (tertiary/aromatic N) is 2. The highest BCUT2D eigenvalue weighted by atomic mass is 32.2. The Kier molecular flexibility index (Phi) is 6.50. The summed E-state index contributed by atoms with van der Waals surface area (Å²) in [7, 11) is 0. The summed E-state index contributed by atoms with van der Waals surface area (Å²) in [5.41, 5.74) is 0.980. The minimum atomic E-state index is -4.48. The third-order valence-electron chi connectivity index (χ3n) is 4.44. The van der Waals surface area contributed by atoms with E-state index in [1.54, 1.807) is 19.1 Å². The molecular weight excluding hydrogens is 415 g/mol. The number of rotatable bonds is 5. The van der Waals surface area contributed by atoms with Crippen LogP contribution in [0.3, 0.4) is 0 Å². The Hall–Kier alpha value is -2.81. The molecule has 1 saturated heterocycles. The summed E-state index contributed by atoms with van der Waals surface area (Å²) >= 11 is 1.09. The van der Waals surface area contributed by atoms with Gasteiger partial charge in [0.2, 0.25) is 11.8 Å². The SMILES string of the molecule is CCN1C(=O)[C@@H](CC(=O)Nc2ccc(C)cc2)SC1=Nc1cccc(C(F)(F)F)c1. The molecule has 1 N–H and O–H groups in total. The van der Waals surface area contributed by atoms with Crippen molar-refractivity contribution in [2.45, 2.75) is 31.7 Å². The maximum atomic E-state index is 12.9. The number of nitrogens with one attached hydrogen (secondary N) is 1. The Morgan fingerprint density at radius 3 is 2.53 bits per heavy atom. The highest BCUT2D eigenvalue weighted by Gasteiger charge is 2.38. The first kappa shape index (κ1) is 21.9. The lowest BCUT2D eigenvalue weighted by molar-refractivity contribution is -0.137. The lowest BCUT2D eigenvalue weighted by Gasteiger charge is -2.13. The first-order valence-electron chi connectivity index (χ1n) is 9.28. The molecule has 0 spiro atoms. The van der Waals surface area contributed by atoms with E-state index in [-0.39, 0.29) is 29.1 Å². The molecule has 1 aliphatic heterocycles. The van der Waals surface area contributed by atoms with Crippen LogP contribution in [0, 0.1) is 6.92 Å². The molecular formula is C21H20F3N3O2S. The van der Waals surface area contributed by atoms with Crippen LogP contribution in [-0.2, 0) is 15.8 Å². The number of alkyl halides is 3. The smallest absolute Gasteiger partial charge is 0.326 e. The summed E-state index contributed by atoms with van der Waals surface area (Å²) in [6.07, 6.45) is -4.54. The molecule has 158 valence electrons. The second-order valence-electron chi connectivity index (χ2n) is 6.75. The van der Waals surface area contributed by atoms with Crippen LogP contribution in [0.25, 0.3) is 0 Å². The van der Waals surface area contributed by atoms with Gasteiger partial charge in [0.05, 0.1) is 11.3 Å². The van der Waals surface area contributed by atoms with Crippen molar-refractivity contribution in [2.24, 2.45) is 4.99 Å². The van der Waals surface area contributed by atoms with Gasteiger partial charge < -0.3 is 5.32 Å². The minimum Gasteiger partial charge on any atom is -0.326 e. The molecule has 2 aromatic rings. The normalized spacial score (nSPS) is 18.2. The maximum absolute atomic E-state index is 12.9. The van der Waals surface area contributed by atoms with Crippen molar-refractivity contribution in [3.63, 3.8) is 0 Å². The van der Waals surface area contributed by atoms with Gasteiger partial charge in [-0.3, -0.25) is 14.5 Å². The number of hydrogen-bond donors (Lipinski definition) is 1. The summed E-state index contributed by atoms with van der Waals surface area (Å²) in [5, 5.41) is 2.36. The molecule has 0 saturated carbocycles. The molecule has 2 aromatic carbocycles. The number of carbonyl (C=O) groups is 2. The maximum Gasteiger partial charge on any atom is 0.416 e. The van der Waals surface area contributed by atoms with Crippen LogP contribution < -0.4 is 5.32 Å². The standard InChI is InChI=1S/C21H20F3N3O2S/c1-3-27-19(29)17(12-18(28)25-15-9-7-13(2)8-10-15)30-20(27)26-16-6-4-5-14(11-16)21(22,23)24/h4-11,17H,3,12H2,1-2H3,(H,25,28)/t17-/m1/s1. The quantitative estimate of drug-likeness (QED) is 0.720. The summed E-state index contributed by atoms with van der Waals surface area (Å²) in [6, 6.07) is 11.9. The van der Waals surface area contributed by atoms with Crippen molar-refractivity contribution in [3.05, 3.63) is 59.7 Å². The van der Waals surface area contributed by atoms with Crippen LogP contribution in [0.4, 0.5) is 24.5 Å². The Bertz CT molecular complexity index is 974. The molecule has 1 fully saturated rings. The van der Waals surface area contributed by atoms with Crippen molar-refractivity contribution >= 4 is 40.1 Å². The average molecular weight is 435 g/mol. The lowest BCUT2D eigenvalue weighted by Crippen LogP contribution is -2.33. The zero-order chi connectivity index (χ0) is 21.9. The van der Waals surface area contributed by atoms with Gasteiger partial charge in [0.25, 0.3) is 0 Å². The van der Waals surface area contributed by atoms with E-state index < -0.39 is 17.0 Å². The molecule has 0 unspecified atom stereocenters. The number of halogens is 3. The predicted molar refractivity (Wildman–Crippen MR) is 112 cm³/mol. The largest absolute Gasteiger partial charge is 0.416 e. The molecule has 9 heteroatoms. The fourth-order valence-corrected chi connectivity index (χ4v) is 4.12. The van der Waals surface area contributed by atoms with Gasteiger partial charge in [-0.25, -0.2) is 4.99 Å². The van der Waals surface area contributed by atoms with Crippen molar-refractivity contribution in [1.29, 1.82) is 0 Å². The topological polar surface area (TPSA) is 61.8 Å². The second-order valence-corrected chi connectivity index (χ2v) is 7.92. The molecule has 5 nitrogen and oxygen atoms in total. The Balaban J connectivity index is 1.74. The molecule has 1 aliphatic rings. The van der Waals surface area contributed by atoms with Crippen molar-refractivity contribution in [1.82, 2.24) is 4.90 Å². The Morgan fingerprint density at radius 2 is 1.90 bits per heavy atom. The fourth-order valence-electron chi connectivity index (χ4n) is 2.90. The molecule has 2 amide bonds. The van der Waals surface area contributed by atoms with Crippen LogP contribution >= 0.6 is 11.8 Å². The molecule has 0 radical (unpaired) electrons. The van der Waals surface area contributed by atoms with E-state index in [0.717, 1.165) is 29.5 Å². The van der Waals surface area contributed by atoms with Gasteiger partial charge in [0.15, 0.2) is 5.17 Å². The number of hydrogen-bond acceptors (Lipinski definition) is 4. The van der Waals surface area contributed by atoms with Crippen molar-refractivity contribution in [2.75, 3.05) is 11.9 Å². The molecule has 0 bridgehead atoms. The third kappa shape index (κ3) is 5.21. The Morgan fingerprint density at radius 1 is 1.20 bits per heavy atom. The number of aliphatic imine (C=N–C) groups is 1. The molecule has 0 aliphatic carbocycles. The molecule has 1 heterocycles. The third-order valence-corrected chi connectivity index (χ3v) is 5.62. The predicted octanol–water partition coefficient (Wildman–Crippen LogP) is 4.99. The van der Waals surface area contributed by atoms with Gasteiger partial charge >= 0.3 is 6.18 Å². The monoisotopic (exact) mass is 435 g/mol. The van der Waals surface area contributed by atoms with Gasteiger partial charge in [-0.15, -0.1) is 0 Å². The number of benzene rings is 2. The minimum absolute atomic E-state index is 0.0600. The average Bonchev–Trinajstić information content (AvgIpc) is 2.97. The highest BCUT2D eigenvalue weighted by molar-refractivity contribution is 8.15. The van der Waals surface area contributed by atoms with Gasteiger partial charge in [-0.1, -0.05) is 35.5 Å². The number of carbonyl (C=O) groups excluding carboxylic acids is 2. The molecule has 1 atom stereocenters. The van der Waals surface area contributed by atoms with E-state index in [1.807, 2.05) is 19.1 Å². The van der Waals surface area contributed by atoms with E-state index in [0.29, 0.717) is 12.2 Å². The van der Waals surface area contributed by atoms with E-state index in [2.05, 4.69) is 10.3 Å². The van der Waals surface area contributed by atoms with Crippen LogP contribution in [0.2, 0.25) is 0 Å². The fraction of sp³-hybridized carbons (Fsp3) is 0.286. The van der Waals surface area contributed by atoms with Crippen LogP contribution in [0.1, 0.15) is 24.5 Å². The van der Waals surface area contributed by atoms with Crippen LogP contribution in [-0.4, -0.2) is 33.7 Å². The zero-order valence-corrected chi connectivity index (χ0v) is 17.2. The summed E-state index contributed by atoms with van der Waals surface area (Å²) < 4.78 is 38.8. The van der Waals surface area contributed by atoms with Gasteiger partial charge in [0.1, 0.15) is 5.25 Å². The molecule has 30 heavy (non-hydrogen) atoms. The lowest BCUT2D eigenvalue weighted by atomic mass is 10.2. The number of amidine groups is 1. The highest BCUT2D eigenvalue weighted by Crippen LogP contribution is 2.34. The number of amides is 2. The van der Waals surface area contributed by atoms with Crippen molar-refractivity contribution < 1.29 is 22.8 Å². The summed E-state index contributed by atoms with van der Waals surface area (Å²) in [5.74, 6) is -0.603. The van der Waals surface area contributed by atoms with Gasteiger partial charge in [0, 0.05) is 18.7 Å². The first-order valence-corrected chi connectivity index (χ1v) is 10.2. The number of aryl methyl sites for hydroxylation is 1. The van der Waals surface area contributed by atoms with E-state index in [1.165, 1.54) is 17.0 Å². The second kappa shape index (κ2) is 8.91. The van der Waals surface area contributed by atoms with E-state index in [4.69, 9.17) is 0 Å². The van der Waals surface area contributed by atoms with Crippen LogP contribution in [0.5, 0.6) is 0 Å². The number of thioether (sulfide) groups is 1. The number of anilines is 1.